The van der Waals surface area contributed by atoms with Crippen molar-refractivity contribution in [2.24, 2.45) is 0 Å². The summed E-state index contributed by atoms with van der Waals surface area (Å²) in [6, 6.07) is 13.9. The van der Waals surface area contributed by atoms with Gasteiger partial charge < -0.3 is 19.3 Å². The lowest BCUT2D eigenvalue weighted by molar-refractivity contribution is -0.195. The molecule has 0 aliphatic rings. The summed E-state index contributed by atoms with van der Waals surface area (Å²) in [5.41, 5.74) is 0.957. The molecule has 0 saturated heterocycles. The molecule has 0 aliphatic heterocycles. The molecule has 0 saturated carbocycles. The fourth-order valence-corrected chi connectivity index (χ4v) is 2.02. The average molecular weight is 376 g/mol. The highest BCUT2D eigenvalue weighted by atomic mass is 19.2. The number of halogens is 1. The predicted octanol–water partition coefficient (Wildman–Crippen LogP) is 2.74. The summed E-state index contributed by atoms with van der Waals surface area (Å²) in [5.74, 6) is -8.41. The highest BCUT2D eigenvalue weighted by Crippen LogP contribution is 2.23. The molecule has 2 aromatic rings. The van der Waals surface area contributed by atoms with Gasteiger partial charge in [-0.15, -0.1) is 0 Å². The molecule has 0 radical (unpaired) electrons. The molecule has 0 fully saturated rings. The minimum absolute atomic E-state index is 0.0768. The van der Waals surface area contributed by atoms with Gasteiger partial charge in [-0.05, 0) is 36.8 Å². The van der Waals surface area contributed by atoms with Crippen LogP contribution in [0.2, 0.25) is 0 Å². The number of esters is 2. The van der Waals surface area contributed by atoms with Gasteiger partial charge in [-0.1, -0.05) is 30.3 Å². The zero-order valence-electron chi connectivity index (χ0n) is 14.4. The topological polar surface area (TPSA) is 99.1 Å². The number of ether oxygens (including phenoxy) is 3. The Labute approximate surface area is 154 Å². The summed E-state index contributed by atoms with van der Waals surface area (Å²) >= 11 is 0. The standard InChI is InChI=1S/C19H17FO7/c1-2-25-18(24)19(20,17(22)23)27-15-10-8-14(9-11-15)16(21)26-12-13-6-4-3-5-7-13/h3-11H,2,12H2,1H3,(H,22,23). The maximum Gasteiger partial charge on any atom is 0.444 e. The van der Waals surface area contributed by atoms with Gasteiger partial charge >= 0.3 is 23.8 Å². The molecular formula is C19H17FO7. The number of hydrogen-bond acceptors (Lipinski definition) is 6. The molecule has 0 amide bonds. The van der Waals surface area contributed by atoms with Crippen LogP contribution in [-0.4, -0.2) is 35.5 Å². The van der Waals surface area contributed by atoms with E-state index in [1.807, 2.05) is 18.2 Å². The zero-order chi connectivity index (χ0) is 19.9. The fraction of sp³-hybridized carbons (Fsp3) is 0.211. The van der Waals surface area contributed by atoms with E-state index in [0.717, 1.165) is 17.7 Å². The van der Waals surface area contributed by atoms with Crippen LogP contribution in [0.4, 0.5) is 4.39 Å². The van der Waals surface area contributed by atoms with Gasteiger partial charge in [-0.25, -0.2) is 14.4 Å². The lowest BCUT2D eigenvalue weighted by Crippen LogP contribution is -2.48. The van der Waals surface area contributed by atoms with Crippen LogP contribution in [0, 0.1) is 0 Å². The van der Waals surface area contributed by atoms with E-state index >= 15 is 0 Å². The van der Waals surface area contributed by atoms with E-state index in [1.165, 1.54) is 19.1 Å². The molecule has 2 rings (SSSR count). The largest absolute Gasteiger partial charge is 0.476 e. The Morgan fingerprint density at radius 3 is 2.19 bits per heavy atom. The highest BCUT2D eigenvalue weighted by molar-refractivity contribution is 6.01. The Bertz CT molecular complexity index is 805. The van der Waals surface area contributed by atoms with Gasteiger partial charge in [-0.3, -0.25) is 0 Å². The second kappa shape index (κ2) is 8.79. The molecule has 1 atom stereocenters. The number of carbonyl (C=O) groups excluding carboxylic acids is 2. The monoisotopic (exact) mass is 376 g/mol. The number of carboxylic acids is 1. The molecule has 7 nitrogen and oxygen atoms in total. The maximum absolute atomic E-state index is 14.4. The number of rotatable bonds is 8. The van der Waals surface area contributed by atoms with E-state index in [2.05, 4.69) is 9.47 Å². The van der Waals surface area contributed by atoms with Crippen molar-refractivity contribution in [1.82, 2.24) is 0 Å². The van der Waals surface area contributed by atoms with Crippen molar-refractivity contribution >= 4 is 17.9 Å². The van der Waals surface area contributed by atoms with Gasteiger partial charge in [0.25, 0.3) is 0 Å². The molecular weight excluding hydrogens is 359 g/mol. The maximum atomic E-state index is 14.4. The molecule has 27 heavy (non-hydrogen) atoms. The van der Waals surface area contributed by atoms with Crippen LogP contribution in [-0.2, 0) is 25.7 Å². The van der Waals surface area contributed by atoms with Crippen LogP contribution < -0.4 is 4.74 Å². The summed E-state index contributed by atoms with van der Waals surface area (Å²) < 4.78 is 28.5. The Morgan fingerprint density at radius 1 is 1.00 bits per heavy atom. The molecule has 1 N–H and O–H groups in total. The second-order valence-corrected chi connectivity index (χ2v) is 5.31. The van der Waals surface area contributed by atoms with Crippen LogP contribution in [0.3, 0.4) is 0 Å². The van der Waals surface area contributed by atoms with Gasteiger partial charge in [0.2, 0.25) is 0 Å². The van der Waals surface area contributed by atoms with Crippen molar-refractivity contribution in [3.05, 3.63) is 65.7 Å². The first kappa shape index (κ1) is 19.9. The molecule has 0 bridgehead atoms. The summed E-state index contributed by atoms with van der Waals surface area (Å²) in [4.78, 5) is 34.6. The van der Waals surface area contributed by atoms with E-state index in [4.69, 9.17) is 9.84 Å². The third-order valence-corrected chi connectivity index (χ3v) is 3.37. The lowest BCUT2D eigenvalue weighted by atomic mass is 10.2. The number of alkyl halides is 1. The van der Waals surface area contributed by atoms with Crippen molar-refractivity contribution in [2.45, 2.75) is 19.4 Å². The van der Waals surface area contributed by atoms with Crippen LogP contribution >= 0.6 is 0 Å². The van der Waals surface area contributed by atoms with Crippen molar-refractivity contribution in [1.29, 1.82) is 0 Å². The van der Waals surface area contributed by atoms with Crippen molar-refractivity contribution in [3.63, 3.8) is 0 Å². The first-order valence-corrected chi connectivity index (χ1v) is 7.96. The normalized spacial score (nSPS) is 12.5. The van der Waals surface area contributed by atoms with Crippen LogP contribution in [0.5, 0.6) is 5.75 Å². The van der Waals surface area contributed by atoms with Crippen LogP contribution in [0.15, 0.2) is 54.6 Å². The lowest BCUT2D eigenvalue weighted by Gasteiger charge is -2.20. The Kier molecular flexibility index (Phi) is 6.48. The fourth-order valence-electron chi connectivity index (χ4n) is 2.02. The molecule has 2 aromatic carbocycles. The minimum atomic E-state index is -3.69. The predicted molar refractivity (Wildman–Crippen MR) is 90.7 cm³/mol. The first-order chi connectivity index (χ1) is 12.9. The average Bonchev–Trinajstić information content (AvgIpc) is 2.67. The van der Waals surface area contributed by atoms with Crippen LogP contribution in [0.25, 0.3) is 0 Å². The third kappa shape index (κ3) is 5.04. The summed E-state index contributed by atoms with van der Waals surface area (Å²) in [7, 11) is 0. The van der Waals surface area contributed by atoms with Gasteiger partial charge in [0.1, 0.15) is 12.4 Å². The zero-order valence-corrected chi connectivity index (χ0v) is 14.4. The Hall–Kier alpha value is -3.42. The number of carbonyl (C=O) groups is 3. The molecule has 142 valence electrons. The second-order valence-electron chi connectivity index (χ2n) is 5.31. The quantitative estimate of drug-likeness (QED) is 0.559. The molecule has 0 spiro atoms. The van der Waals surface area contributed by atoms with E-state index in [9.17, 15) is 18.8 Å². The minimum Gasteiger partial charge on any atom is -0.476 e. The van der Waals surface area contributed by atoms with E-state index < -0.39 is 23.8 Å². The molecule has 8 heteroatoms. The van der Waals surface area contributed by atoms with E-state index in [-0.39, 0.29) is 24.5 Å². The van der Waals surface area contributed by atoms with Crippen molar-refractivity contribution in [2.75, 3.05) is 6.61 Å². The van der Waals surface area contributed by atoms with E-state index in [0.29, 0.717) is 0 Å². The SMILES string of the molecule is CCOC(=O)C(F)(Oc1ccc(C(=O)OCc2ccccc2)cc1)C(=O)O. The van der Waals surface area contributed by atoms with Gasteiger partial charge in [0, 0.05) is 0 Å². The third-order valence-electron chi connectivity index (χ3n) is 3.37. The highest BCUT2D eigenvalue weighted by Gasteiger charge is 2.52. The van der Waals surface area contributed by atoms with Crippen molar-refractivity contribution in [3.8, 4) is 5.75 Å². The number of carboxylic acid groups (broad SMARTS) is 1. The molecule has 1 unspecified atom stereocenters. The first-order valence-electron chi connectivity index (χ1n) is 7.96. The van der Waals surface area contributed by atoms with Gasteiger partial charge in [0.15, 0.2) is 0 Å². The number of hydrogen-bond donors (Lipinski definition) is 1. The summed E-state index contributed by atoms with van der Waals surface area (Å²) in [6.45, 7) is 1.26. The molecule has 0 aromatic heterocycles. The molecule has 0 heterocycles. The summed E-state index contributed by atoms with van der Waals surface area (Å²) in [6.07, 6.45) is 0. The smallest absolute Gasteiger partial charge is 0.444 e. The van der Waals surface area contributed by atoms with E-state index in [1.54, 1.807) is 12.1 Å². The number of benzene rings is 2. The van der Waals surface area contributed by atoms with Gasteiger partial charge in [0.05, 0.1) is 12.2 Å². The van der Waals surface area contributed by atoms with Gasteiger partial charge in [-0.2, -0.15) is 4.39 Å². The Balaban J connectivity index is 2.04. The van der Waals surface area contributed by atoms with Crippen LogP contribution in [0.1, 0.15) is 22.8 Å². The van der Waals surface area contributed by atoms with Crippen molar-refractivity contribution < 1.29 is 38.1 Å². The Morgan fingerprint density at radius 2 is 1.63 bits per heavy atom. The number of aliphatic carboxylic acids is 1. The molecule has 0 aliphatic carbocycles. The summed E-state index contributed by atoms with van der Waals surface area (Å²) in [5, 5.41) is 8.94.